The molecule has 4 aromatic rings. The van der Waals surface area contributed by atoms with E-state index in [2.05, 4.69) is 15.3 Å². The number of anilines is 1. The molecule has 2 aromatic carbocycles. The molecule has 0 unspecified atom stereocenters. The minimum Gasteiger partial charge on any atom is -0.296 e. The number of benzene rings is 2. The summed E-state index contributed by atoms with van der Waals surface area (Å²) < 4.78 is 1.87. The molecular formula is C16H10ClN3OS2. The molecule has 23 heavy (non-hydrogen) atoms. The molecular weight excluding hydrogens is 350 g/mol. The molecule has 1 N–H and O–H groups in total. The number of carbonyl (C=O) groups is 1. The fourth-order valence-corrected chi connectivity index (χ4v) is 4.35. The second kappa shape index (κ2) is 5.56. The minimum atomic E-state index is -0.251. The van der Waals surface area contributed by atoms with Gasteiger partial charge in [-0.25, -0.2) is 9.97 Å². The molecule has 0 atom stereocenters. The van der Waals surface area contributed by atoms with Crippen LogP contribution in [-0.2, 0) is 0 Å². The Labute approximate surface area is 144 Å². The Morgan fingerprint density at radius 1 is 1.13 bits per heavy atom. The standard InChI is InChI=1S/C16H10ClN3OS2/c1-8-6-7-9(17)13-12(8)19-16(23-13)20-14(21)15-18-10-4-2-3-5-11(10)22-15/h2-7H,1H3,(H,19,20,21). The van der Waals surface area contributed by atoms with E-state index in [9.17, 15) is 4.79 Å². The first kappa shape index (κ1) is 14.6. The lowest BCUT2D eigenvalue weighted by Crippen LogP contribution is -2.11. The van der Waals surface area contributed by atoms with E-state index in [1.165, 1.54) is 22.7 Å². The van der Waals surface area contributed by atoms with Crippen LogP contribution in [-0.4, -0.2) is 15.9 Å². The molecule has 0 fully saturated rings. The zero-order valence-electron chi connectivity index (χ0n) is 12.0. The number of rotatable bonds is 2. The zero-order valence-corrected chi connectivity index (χ0v) is 14.4. The van der Waals surface area contributed by atoms with Crippen LogP contribution < -0.4 is 5.32 Å². The van der Waals surface area contributed by atoms with Gasteiger partial charge in [0.05, 0.1) is 25.5 Å². The highest BCUT2D eigenvalue weighted by molar-refractivity contribution is 7.23. The van der Waals surface area contributed by atoms with Crippen LogP contribution in [0.2, 0.25) is 5.02 Å². The van der Waals surface area contributed by atoms with Gasteiger partial charge < -0.3 is 0 Å². The number of aryl methyl sites for hydroxylation is 1. The third kappa shape index (κ3) is 2.59. The first-order valence-electron chi connectivity index (χ1n) is 6.84. The number of carbonyl (C=O) groups excluding carboxylic acids is 1. The average Bonchev–Trinajstić information content (AvgIpc) is 3.15. The van der Waals surface area contributed by atoms with Crippen molar-refractivity contribution in [1.29, 1.82) is 0 Å². The lowest BCUT2D eigenvalue weighted by Gasteiger charge is -1.96. The predicted molar refractivity (Wildman–Crippen MR) is 96.9 cm³/mol. The predicted octanol–water partition coefficient (Wildman–Crippen LogP) is 5.12. The number of aromatic nitrogens is 2. The van der Waals surface area contributed by atoms with Crippen LogP contribution in [0.5, 0.6) is 0 Å². The van der Waals surface area contributed by atoms with Crippen LogP contribution in [0, 0.1) is 6.92 Å². The number of nitrogens with zero attached hydrogens (tertiary/aromatic N) is 2. The SMILES string of the molecule is Cc1ccc(Cl)c2sc(NC(=O)c3nc4ccccc4s3)nc12. The summed E-state index contributed by atoms with van der Waals surface area (Å²) in [6.07, 6.45) is 0. The van der Waals surface area contributed by atoms with Crippen LogP contribution in [0.4, 0.5) is 5.13 Å². The van der Waals surface area contributed by atoms with Crippen molar-refractivity contribution < 1.29 is 4.79 Å². The topological polar surface area (TPSA) is 54.9 Å². The Bertz CT molecular complexity index is 982. The fraction of sp³-hybridized carbons (Fsp3) is 0.0625. The summed E-state index contributed by atoms with van der Waals surface area (Å²) in [6.45, 7) is 1.97. The first-order valence-corrected chi connectivity index (χ1v) is 8.85. The molecule has 0 spiro atoms. The van der Waals surface area contributed by atoms with Gasteiger partial charge in [0.2, 0.25) is 0 Å². The molecule has 0 aliphatic heterocycles. The van der Waals surface area contributed by atoms with Gasteiger partial charge >= 0.3 is 0 Å². The van der Waals surface area contributed by atoms with Gasteiger partial charge in [0.25, 0.3) is 5.91 Å². The summed E-state index contributed by atoms with van der Waals surface area (Å²) in [4.78, 5) is 21.2. The Morgan fingerprint density at radius 3 is 2.74 bits per heavy atom. The van der Waals surface area contributed by atoms with Crippen molar-refractivity contribution >= 4 is 65.7 Å². The molecule has 0 aliphatic rings. The van der Waals surface area contributed by atoms with Gasteiger partial charge in [0, 0.05) is 0 Å². The maximum absolute atomic E-state index is 12.4. The number of amides is 1. The second-order valence-electron chi connectivity index (χ2n) is 5.00. The van der Waals surface area contributed by atoms with Gasteiger partial charge in [-0.1, -0.05) is 41.1 Å². The highest BCUT2D eigenvalue weighted by atomic mass is 35.5. The molecule has 0 bridgehead atoms. The van der Waals surface area contributed by atoms with E-state index in [4.69, 9.17) is 11.6 Å². The van der Waals surface area contributed by atoms with E-state index >= 15 is 0 Å². The van der Waals surface area contributed by atoms with Gasteiger partial charge in [0.15, 0.2) is 10.1 Å². The molecule has 1 amide bonds. The highest BCUT2D eigenvalue weighted by Crippen LogP contribution is 2.34. The lowest BCUT2D eigenvalue weighted by molar-refractivity contribution is 0.102. The van der Waals surface area contributed by atoms with Crippen molar-refractivity contribution in [2.45, 2.75) is 6.92 Å². The number of thiazole rings is 2. The number of para-hydroxylation sites is 1. The summed E-state index contributed by atoms with van der Waals surface area (Å²) in [7, 11) is 0. The van der Waals surface area contributed by atoms with Crippen molar-refractivity contribution in [1.82, 2.24) is 9.97 Å². The molecule has 0 radical (unpaired) electrons. The maximum Gasteiger partial charge on any atom is 0.286 e. The van der Waals surface area contributed by atoms with E-state index in [-0.39, 0.29) is 5.91 Å². The van der Waals surface area contributed by atoms with Crippen LogP contribution in [0.15, 0.2) is 36.4 Å². The Hall–Kier alpha value is -2.02. The van der Waals surface area contributed by atoms with Gasteiger partial charge in [-0.3, -0.25) is 10.1 Å². The van der Waals surface area contributed by atoms with Crippen molar-refractivity contribution in [2.75, 3.05) is 5.32 Å². The largest absolute Gasteiger partial charge is 0.296 e. The molecule has 2 heterocycles. The molecule has 0 aliphatic carbocycles. The average molecular weight is 360 g/mol. The Morgan fingerprint density at radius 2 is 1.96 bits per heavy atom. The number of fused-ring (bicyclic) bond motifs is 2. The number of hydrogen-bond donors (Lipinski definition) is 1. The number of nitrogens with one attached hydrogen (secondary N) is 1. The van der Waals surface area contributed by atoms with Crippen molar-refractivity contribution in [2.24, 2.45) is 0 Å². The Balaban J connectivity index is 1.68. The van der Waals surface area contributed by atoms with E-state index in [1.54, 1.807) is 0 Å². The van der Waals surface area contributed by atoms with Crippen LogP contribution in [0.25, 0.3) is 20.4 Å². The highest BCUT2D eigenvalue weighted by Gasteiger charge is 2.16. The van der Waals surface area contributed by atoms with Crippen LogP contribution in [0.1, 0.15) is 15.4 Å². The minimum absolute atomic E-state index is 0.251. The van der Waals surface area contributed by atoms with Crippen molar-refractivity contribution in [3.05, 3.63) is 52.0 Å². The molecule has 7 heteroatoms. The molecule has 114 valence electrons. The van der Waals surface area contributed by atoms with E-state index < -0.39 is 0 Å². The lowest BCUT2D eigenvalue weighted by atomic mass is 10.2. The van der Waals surface area contributed by atoms with Crippen LogP contribution >= 0.6 is 34.3 Å². The Kier molecular flexibility index (Phi) is 3.52. The van der Waals surface area contributed by atoms with E-state index in [0.717, 1.165) is 26.0 Å². The summed E-state index contributed by atoms with van der Waals surface area (Å²) >= 11 is 8.93. The quantitative estimate of drug-likeness (QED) is 0.540. The monoisotopic (exact) mass is 359 g/mol. The van der Waals surface area contributed by atoms with Gasteiger partial charge in [-0.15, -0.1) is 11.3 Å². The third-order valence-electron chi connectivity index (χ3n) is 3.41. The second-order valence-corrected chi connectivity index (χ2v) is 7.44. The fourth-order valence-electron chi connectivity index (χ4n) is 2.28. The summed E-state index contributed by atoms with van der Waals surface area (Å²) in [6, 6.07) is 11.4. The van der Waals surface area contributed by atoms with E-state index in [1.807, 2.05) is 43.3 Å². The van der Waals surface area contributed by atoms with Gasteiger partial charge in [0.1, 0.15) is 0 Å². The molecule has 4 nitrogen and oxygen atoms in total. The smallest absolute Gasteiger partial charge is 0.286 e. The summed E-state index contributed by atoms with van der Waals surface area (Å²) in [5, 5.41) is 4.42. The maximum atomic E-state index is 12.4. The molecule has 0 saturated carbocycles. The van der Waals surface area contributed by atoms with Gasteiger partial charge in [-0.2, -0.15) is 0 Å². The molecule has 2 aromatic heterocycles. The normalized spacial score (nSPS) is 11.2. The first-order chi connectivity index (χ1) is 11.1. The number of halogens is 1. The molecule has 0 saturated heterocycles. The number of hydrogen-bond acceptors (Lipinski definition) is 5. The van der Waals surface area contributed by atoms with Crippen molar-refractivity contribution in [3.63, 3.8) is 0 Å². The van der Waals surface area contributed by atoms with Crippen molar-refractivity contribution in [3.8, 4) is 0 Å². The van der Waals surface area contributed by atoms with E-state index in [0.29, 0.717) is 15.2 Å². The third-order valence-corrected chi connectivity index (χ3v) is 5.87. The van der Waals surface area contributed by atoms with Gasteiger partial charge in [-0.05, 0) is 30.7 Å². The van der Waals surface area contributed by atoms with Crippen LogP contribution in [0.3, 0.4) is 0 Å². The zero-order chi connectivity index (χ0) is 16.0. The summed E-state index contributed by atoms with van der Waals surface area (Å²) in [5.74, 6) is -0.251. The molecule has 4 rings (SSSR count). The summed E-state index contributed by atoms with van der Waals surface area (Å²) in [5.41, 5.74) is 2.68.